The van der Waals surface area contributed by atoms with Crippen molar-refractivity contribution >= 4 is 5.91 Å². The van der Waals surface area contributed by atoms with E-state index < -0.39 is 30.0 Å². The number of hydrogen-bond donors (Lipinski definition) is 2. The van der Waals surface area contributed by atoms with Gasteiger partial charge in [0.1, 0.15) is 0 Å². The molecule has 0 aliphatic heterocycles. The minimum Gasteiger partial charge on any atom is -0.368 e. The summed E-state index contributed by atoms with van der Waals surface area (Å²) in [6.45, 7) is 3.92. The van der Waals surface area contributed by atoms with Crippen LogP contribution in [0.3, 0.4) is 0 Å². The van der Waals surface area contributed by atoms with Gasteiger partial charge in [0.25, 0.3) is 0 Å². The first-order valence-electron chi connectivity index (χ1n) is 6.71. The van der Waals surface area contributed by atoms with E-state index in [0.717, 1.165) is 19.4 Å². The summed E-state index contributed by atoms with van der Waals surface area (Å²) in [5, 5.41) is 2.89. The van der Waals surface area contributed by atoms with Crippen LogP contribution in [0.15, 0.2) is 30.3 Å². The Morgan fingerprint density at radius 2 is 1.76 bits per heavy atom. The molecule has 0 unspecified atom stereocenters. The normalized spacial score (nSPS) is 15.5. The highest BCUT2D eigenvalue weighted by Crippen LogP contribution is 2.41. The molecular formula is C15H21F3N2O. The van der Waals surface area contributed by atoms with Gasteiger partial charge in [-0.3, -0.25) is 10.1 Å². The van der Waals surface area contributed by atoms with Crippen molar-refractivity contribution in [3.8, 4) is 0 Å². The van der Waals surface area contributed by atoms with Crippen molar-refractivity contribution in [1.82, 2.24) is 5.32 Å². The van der Waals surface area contributed by atoms with Gasteiger partial charge in [0.05, 0.1) is 11.5 Å². The van der Waals surface area contributed by atoms with Crippen molar-refractivity contribution < 1.29 is 18.0 Å². The molecule has 0 aromatic heterocycles. The van der Waals surface area contributed by atoms with Gasteiger partial charge in [0.2, 0.25) is 5.91 Å². The number of primary amides is 1. The highest BCUT2D eigenvalue weighted by Gasteiger charge is 2.48. The molecule has 0 heterocycles. The van der Waals surface area contributed by atoms with Gasteiger partial charge in [0.15, 0.2) is 0 Å². The highest BCUT2D eigenvalue weighted by atomic mass is 19.4. The Morgan fingerprint density at radius 1 is 1.24 bits per heavy atom. The Morgan fingerprint density at radius 3 is 2.19 bits per heavy atom. The molecule has 1 rings (SSSR count). The van der Waals surface area contributed by atoms with Gasteiger partial charge in [-0.25, -0.2) is 0 Å². The highest BCUT2D eigenvalue weighted by molar-refractivity contribution is 5.80. The van der Waals surface area contributed by atoms with Gasteiger partial charge in [-0.2, -0.15) is 13.2 Å². The van der Waals surface area contributed by atoms with Crippen LogP contribution in [0.2, 0.25) is 0 Å². The van der Waals surface area contributed by atoms with Crippen LogP contribution in [-0.2, 0) is 4.79 Å². The second-order valence-electron chi connectivity index (χ2n) is 5.84. The lowest BCUT2D eigenvalue weighted by molar-refractivity contribution is -0.215. The standard InChI is InChI=1S/C15H21F3N2O/c1-10(11-7-5-4-6-8-11)20-12(13(19)21)9-14(2,3)15(16,17)18/h4-8,10,12,20H,9H2,1-3H3,(H2,19,21)/t10-,12+/m1/s1. The van der Waals surface area contributed by atoms with Gasteiger partial charge in [-0.05, 0) is 18.9 Å². The molecule has 118 valence electrons. The van der Waals surface area contributed by atoms with E-state index in [2.05, 4.69) is 5.32 Å². The van der Waals surface area contributed by atoms with Gasteiger partial charge < -0.3 is 5.73 Å². The number of rotatable bonds is 6. The number of carbonyl (C=O) groups is 1. The third kappa shape index (κ3) is 4.74. The smallest absolute Gasteiger partial charge is 0.368 e. The summed E-state index contributed by atoms with van der Waals surface area (Å²) in [7, 11) is 0. The molecule has 1 aromatic rings. The van der Waals surface area contributed by atoms with Crippen molar-refractivity contribution in [1.29, 1.82) is 0 Å². The Hall–Kier alpha value is -1.56. The summed E-state index contributed by atoms with van der Waals surface area (Å²) in [6.07, 6.45) is -4.79. The Bertz CT molecular complexity index is 472. The molecule has 0 saturated carbocycles. The lowest BCUT2D eigenvalue weighted by atomic mass is 9.84. The predicted octanol–water partition coefficient (Wildman–Crippen LogP) is 3.17. The molecule has 0 aliphatic carbocycles. The van der Waals surface area contributed by atoms with Crippen LogP contribution in [0, 0.1) is 5.41 Å². The van der Waals surface area contributed by atoms with E-state index in [1.807, 2.05) is 30.3 Å². The zero-order chi connectivity index (χ0) is 16.3. The molecule has 3 nitrogen and oxygen atoms in total. The SMILES string of the molecule is C[C@@H](N[C@@H](CC(C)(C)C(F)(F)F)C(N)=O)c1ccccc1. The van der Waals surface area contributed by atoms with Crippen LogP contribution >= 0.6 is 0 Å². The first kappa shape index (κ1) is 17.5. The van der Waals surface area contributed by atoms with Crippen molar-refractivity contribution in [2.75, 3.05) is 0 Å². The van der Waals surface area contributed by atoms with Crippen molar-refractivity contribution in [2.24, 2.45) is 11.1 Å². The maximum Gasteiger partial charge on any atom is 0.394 e. The molecule has 3 N–H and O–H groups in total. The fraction of sp³-hybridized carbons (Fsp3) is 0.533. The molecule has 0 aliphatic rings. The number of alkyl halides is 3. The molecule has 0 spiro atoms. The third-order valence-corrected chi connectivity index (χ3v) is 3.58. The van der Waals surface area contributed by atoms with Crippen LogP contribution < -0.4 is 11.1 Å². The lowest BCUT2D eigenvalue weighted by Crippen LogP contribution is -2.48. The largest absolute Gasteiger partial charge is 0.394 e. The van der Waals surface area contributed by atoms with E-state index in [1.54, 1.807) is 6.92 Å². The van der Waals surface area contributed by atoms with Crippen LogP contribution in [0.1, 0.15) is 38.8 Å². The number of nitrogens with two attached hydrogens (primary N) is 1. The minimum absolute atomic E-state index is 0.271. The number of benzene rings is 1. The summed E-state index contributed by atoms with van der Waals surface area (Å²) in [5.74, 6) is -0.782. The molecule has 1 amide bonds. The molecular weight excluding hydrogens is 281 g/mol. The molecule has 21 heavy (non-hydrogen) atoms. The Labute approximate surface area is 122 Å². The monoisotopic (exact) mass is 302 g/mol. The second kappa shape index (κ2) is 6.47. The first-order valence-corrected chi connectivity index (χ1v) is 6.71. The second-order valence-corrected chi connectivity index (χ2v) is 5.84. The van der Waals surface area contributed by atoms with Crippen LogP contribution in [0.4, 0.5) is 13.2 Å². The molecule has 0 radical (unpaired) electrons. The summed E-state index contributed by atoms with van der Waals surface area (Å²) in [5.41, 5.74) is 4.14. The minimum atomic E-state index is -4.39. The van der Waals surface area contributed by atoms with Gasteiger partial charge in [0, 0.05) is 6.04 Å². The van der Waals surface area contributed by atoms with E-state index in [9.17, 15) is 18.0 Å². The fourth-order valence-electron chi connectivity index (χ4n) is 2.01. The van der Waals surface area contributed by atoms with E-state index >= 15 is 0 Å². The van der Waals surface area contributed by atoms with Crippen molar-refractivity contribution in [3.05, 3.63) is 35.9 Å². The lowest BCUT2D eigenvalue weighted by Gasteiger charge is -2.32. The van der Waals surface area contributed by atoms with Crippen LogP contribution in [-0.4, -0.2) is 18.1 Å². The average Bonchev–Trinajstić information content (AvgIpc) is 2.37. The number of hydrogen-bond acceptors (Lipinski definition) is 2. The molecule has 0 fully saturated rings. The Balaban J connectivity index is 2.82. The van der Waals surface area contributed by atoms with E-state index in [1.165, 1.54) is 0 Å². The summed E-state index contributed by atoms with van der Waals surface area (Å²) in [4.78, 5) is 11.5. The summed E-state index contributed by atoms with van der Waals surface area (Å²) >= 11 is 0. The zero-order valence-corrected chi connectivity index (χ0v) is 12.4. The molecule has 6 heteroatoms. The quantitative estimate of drug-likeness (QED) is 0.848. The number of amides is 1. The van der Waals surface area contributed by atoms with Gasteiger partial charge in [-0.15, -0.1) is 0 Å². The van der Waals surface area contributed by atoms with E-state index in [0.29, 0.717) is 0 Å². The maximum atomic E-state index is 12.9. The Kier molecular flexibility index (Phi) is 5.39. The van der Waals surface area contributed by atoms with Gasteiger partial charge >= 0.3 is 6.18 Å². The van der Waals surface area contributed by atoms with Crippen molar-refractivity contribution in [3.63, 3.8) is 0 Å². The first-order chi connectivity index (χ1) is 9.54. The summed E-state index contributed by atoms with van der Waals surface area (Å²) in [6, 6.07) is 7.85. The average molecular weight is 302 g/mol. The van der Waals surface area contributed by atoms with Gasteiger partial charge in [-0.1, -0.05) is 44.2 Å². The number of carbonyl (C=O) groups excluding carboxylic acids is 1. The summed E-state index contributed by atoms with van der Waals surface area (Å²) < 4.78 is 38.8. The molecule has 0 saturated heterocycles. The van der Waals surface area contributed by atoms with Crippen LogP contribution in [0.25, 0.3) is 0 Å². The predicted molar refractivity (Wildman–Crippen MR) is 75.4 cm³/mol. The fourth-order valence-corrected chi connectivity index (χ4v) is 2.01. The van der Waals surface area contributed by atoms with E-state index in [-0.39, 0.29) is 6.04 Å². The van der Waals surface area contributed by atoms with E-state index in [4.69, 9.17) is 5.73 Å². The number of nitrogens with one attached hydrogen (secondary N) is 1. The molecule has 2 atom stereocenters. The maximum absolute atomic E-state index is 12.9. The topological polar surface area (TPSA) is 55.1 Å². The molecule has 0 bridgehead atoms. The van der Waals surface area contributed by atoms with Crippen molar-refractivity contribution in [2.45, 2.75) is 45.5 Å². The number of halogens is 3. The third-order valence-electron chi connectivity index (χ3n) is 3.58. The molecule has 1 aromatic carbocycles. The zero-order valence-electron chi connectivity index (χ0n) is 12.4. The van der Waals surface area contributed by atoms with Crippen LogP contribution in [0.5, 0.6) is 0 Å².